The largest absolute Gasteiger partial charge is 0.497 e. The van der Waals surface area contributed by atoms with Crippen LogP contribution in [0.5, 0.6) is 5.75 Å². The Balaban J connectivity index is 1.44. The molecule has 2 aromatic rings. The zero-order valence-corrected chi connectivity index (χ0v) is 18.6. The normalized spacial score (nSPS) is 21.6. The SMILES string of the molecule is CN=C(NCC1(c2ccc(OC)cc2)CCCCC1)N1CCC(c2cnn(C)c2)C1. The molecule has 30 heavy (non-hydrogen) atoms. The molecule has 1 N–H and O–H groups in total. The Hall–Kier alpha value is -2.50. The van der Waals surface area contributed by atoms with Crippen LogP contribution in [0.15, 0.2) is 41.7 Å². The van der Waals surface area contributed by atoms with E-state index in [0.717, 1.165) is 37.8 Å². The lowest BCUT2D eigenvalue weighted by molar-refractivity contribution is 0.288. The standard InChI is InChI=1S/C24H35N5O/c1-25-23(29-14-11-19(17-29)20-15-27-28(2)16-20)26-18-24(12-5-4-6-13-24)21-7-9-22(30-3)10-8-21/h7-10,15-16,19H,4-6,11-14,17-18H2,1-3H3,(H,25,26). The number of rotatable bonds is 5. The highest BCUT2D eigenvalue weighted by Gasteiger charge is 2.35. The van der Waals surface area contributed by atoms with Crippen LogP contribution in [0.2, 0.25) is 0 Å². The van der Waals surface area contributed by atoms with E-state index in [4.69, 9.17) is 4.74 Å². The van der Waals surface area contributed by atoms with Crippen molar-refractivity contribution in [1.82, 2.24) is 20.0 Å². The Labute approximate surface area is 180 Å². The third kappa shape index (κ3) is 4.32. The molecule has 1 aliphatic heterocycles. The molecule has 1 saturated heterocycles. The molecule has 2 aliphatic rings. The van der Waals surface area contributed by atoms with Crippen LogP contribution in [0.4, 0.5) is 0 Å². The van der Waals surface area contributed by atoms with Crippen LogP contribution in [0.25, 0.3) is 0 Å². The van der Waals surface area contributed by atoms with E-state index in [1.165, 1.54) is 43.2 Å². The second-order valence-corrected chi connectivity index (χ2v) is 8.85. The van der Waals surface area contributed by atoms with Crippen molar-refractivity contribution in [3.8, 4) is 5.75 Å². The van der Waals surface area contributed by atoms with Gasteiger partial charge in [-0.25, -0.2) is 0 Å². The summed E-state index contributed by atoms with van der Waals surface area (Å²) in [4.78, 5) is 7.04. The molecule has 2 heterocycles. The average molecular weight is 410 g/mol. The number of nitrogens with zero attached hydrogens (tertiary/aromatic N) is 4. The Kier molecular flexibility index (Phi) is 6.30. The molecule has 0 radical (unpaired) electrons. The van der Waals surface area contributed by atoms with Gasteiger partial charge in [-0.05, 0) is 42.5 Å². The zero-order valence-electron chi connectivity index (χ0n) is 18.6. The summed E-state index contributed by atoms with van der Waals surface area (Å²) in [5.41, 5.74) is 2.92. The van der Waals surface area contributed by atoms with Gasteiger partial charge in [-0.1, -0.05) is 31.4 Å². The van der Waals surface area contributed by atoms with Gasteiger partial charge in [0.1, 0.15) is 5.75 Å². The Morgan fingerprint density at radius 3 is 2.63 bits per heavy atom. The smallest absolute Gasteiger partial charge is 0.193 e. The lowest BCUT2D eigenvalue weighted by Gasteiger charge is -2.39. The Morgan fingerprint density at radius 2 is 2.00 bits per heavy atom. The minimum atomic E-state index is 0.170. The second-order valence-electron chi connectivity index (χ2n) is 8.85. The summed E-state index contributed by atoms with van der Waals surface area (Å²) < 4.78 is 7.27. The molecule has 1 unspecified atom stereocenters. The van der Waals surface area contributed by atoms with E-state index in [-0.39, 0.29) is 5.41 Å². The van der Waals surface area contributed by atoms with E-state index in [1.54, 1.807) is 7.11 Å². The van der Waals surface area contributed by atoms with Gasteiger partial charge >= 0.3 is 0 Å². The maximum absolute atomic E-state index is 5.37. The quantitative estimate of drug-likeness (QED) is 0.604. The molecular weight excluding hydrogens is 374 g/mol. The van der Waals surface area contributed by atoms with Crippen molar-refractivity contribution in [2.75, 3.05) is 33.8 Å². The molecule has 6 nitrogen and oxygen atoms in total. The topological polar surface area (TPSA) is 54.7 Å². The summed E-state index contributed by atoms with van der Waals surface area (Å²) in [5.74, 6) is 2.48. The van der Waals surface area contributed by atoms with Crippen molar-refractivity contribution in [3.63, 3.8) is 0 Å². The summed E-state index contributed by atoms with van der Waals surface area (Å²) in [6, 6.07) is 8.70. The third-order valence-electron chi connectivity index (χ3n) is 6.99. The van der Waals surface area contributed by atoms with Gasteiger partial charge in [0, 0.05) is 51.3 Å². The molecule has 162 valence electrons. The predicted octanol–water partition coefficient (Wildman–Crippen LogP) is 3.70. The Morgan fingerprint density at radius 1 is 1.23 bits per heavy atom. The summed E-state index contributed by atoms with van der Waals surface area (Å²) in [6.45, 7) is 2.97. The Bertz CT molecular complexity index is 851. The summed E-state index contributed by atoms with van der Waals surface area (Å²) in [7, 11) is 5.62. The lowest BCUT2D eigenvalue weighted by Crippen LogP contribution is -2.47. The van der Waals surface area contributed by atoms with Gasteiger partial charge in [0.2, 0.25) is 0 Å². The van der Waals surface area contributed by atoms with Crippen LogP contribution in [0, 0.1) is 0 Å². The molecule has 1 aromatic carbocycles. The highest BCUT2D eigenvalue weighted by molar-refractivity contribution is 5.80. The number of nitrogens with one attached hydrogen (secondary N) is 1. The van der Waals surface area contributed by atoms with Crippen LogP contribution < -0.4 is 10.1 Å². The van der Waals surface area contributed by atoms with Gasteiger partial charge in [0.05, 0.1) is 13.3 Å². The van der Waals surface area contributed by atoms with Gasteiger partial charge in [-0.3, -0.25) is 9.67 Å². The molecule has 0 spiro atoms. The van der Waals surface area contributed by atoms with E-state index < -0.39 is 0 Å². The minimum absolute atomic E-state index is 0.170. The molecule has 0 bridgehead atoms. The number of benzene rings is 1. The highest BCUT2D eigenvalue weighted by Crippen LogP contribution is 2.39. The fourth-order valence-electron chi connectivity index (χ4n) is 5.20. The number of likely N-dealkylation sites (tertiary alicyclic amines) is 1. The number of aryl methyl sites for hydroxylation is 1. The number of hydrogen-bond acceptors (Lipinski definition) is 3. The summed E-state index contributed by atoms with van der Waals surface area (Å²) in [6.07, 6.45) is 11.7. The zero-order chi connectivity index (χ0) is 21.0. The maximum atomic E-state index is 5.37. The molecule has 6 heteroatoms. The van der Waals surface area contributed by atoms with E-state index in [2.05, 4.69) is 50.8 Å². The van der Waals surface area contributed by atoms with Crippen LogP contribution in [0.3, 0.4) is 0 Å². The maximum Gasteiger partial charge on any atom is 0.193 e. The molecule has 1 saturated carbocycles. The van der Waals surface area contributed by atoms with E-state index >= 15 is 0 Å². The van der Waals surface area contributed by atoms with Crippen LogP contribution in [-0.4, -0.2) is 54.4 Å². The van der Waals surface area contributed by atoms with Crippen molar-refractivity contribution in [2.24, 2.45) is 12.0 Å². The number of aliphatic imine (C=N–C) groups is 1. The summed E-state index contributed by atoms with van der Waals surface area (Å²) >= 11 is 0. The molecule has 4 rings (SSSR count). The van der Waals surface area contributed by atoms with Crippen LogP contribution in [-0.2, 0) is 12.5 Å². The first-order valence-electron chi connectivity index (χ1n) is 11.2. The van der Waals surface area contributed by atoms with E-state index in [9.17, 15) is 0 Å². The van der Waals surface area contributed by atoms with Gasteiger partial charge in [0.25, 0.3) is 0 Å². The minimum Gasteiger partial charge on any atom is -0.497 e. The molecule has 1 atom stereocenters. The fourth-order valence-corrected chi connectivity index (χ4v) is 5.20. The second kappa shape index (κ2) is 9.11. The van der Waals surface area contributed by atoms with Gasteiger partial charge < -0.3 is 15.0 Å². The van der Waals surface area contributed by atoms with E-state index in [0.29, 0.717) is 5.92 Å². The first-order valence-corrected chi connectivity index (χ1v) is 11.2. The number of ether oxygens (including phenoxy) is 1. The van der Waals surface area contributed by atoms with Crippen LogP contribution >= 0.6 is 0 Å². The van der Waals surface area contributed by atoms with Gasteiger partial charge in [0.15, 0.2) is 5.96 Å². The van der Waals surface area contributed by atoms with Gasteiger partial charge in [-0.15, -0.1) is 0 Å². The van der Waals surface area contributed by atoms with Crippen molar-refractivity contribution in [3.05, 3.63) is 47.8 Å². The van der Waals surface area contributed by atoms with Crippen molar-refractivity contribution >= 4 is 5.96 Å². The molecule has 1 aromatic heterocycles. The first kappa shape index (κ1) is 20.8. The third-order valence-corrected chi connectivity index (χ3v) is 6.99. The average Bonchev–Trinajstić information content (AvgIpc) is 3.44. The lowest BCUT2D eigenvalue weighted by atomic mass is 9.69. The van der Waals surface area contributed by atoms with E-state index in [1.807, 2.05) is 25.0 Å². The monoisotopic (exact) mass is 409 g/mol. The molecular formula is C24H35N5O. The van der Waals surface area contributed by atoms with Crippen LogP contribution in [0.1, 0.15) is 55.6 Å². The predicted molar refractivity (Wildman–Crippen MR) is 121 cm³/mol. The number of guanidine groups is 1. The molecule has 2 fully saturated rings. The molecule has 0 amide bonds. The number of hydrogen-bond donors (Lipinski definition) is 1. The number of methoxy groups -OCH3 is 1. The molecule has 1 aliphatic carbocycles. The van der Waals surface area contributed by atoms with Crippen molar-refractivity contribution in [1.29, 1.82) is 0 Å². The van der Waals surface area contributed by atoms with Crippen molar-refractivity contribution in [2.45, 2.75) is 49.9 Å². The first-order chi connectivity index (χ1) is 14.6. The van der Waals surface area contributed by atoms with Crippen molar-refractivity contribution < 1.29 is 4.74 Å². The van der Waals surface area contributed by atoms with Gasteiger partial charge in [-0.2, -0.15) is 5.10 Å². The fraction of sp³-hybridized carbons (Fsp3) is 0.583. The summed E-state index contributed by atoms with van der Waals surface area (Å²) in [5, 5.41) is 8.10. The highest BCUT2D eigenvalue weighted by atomic mass is 16.5. The number of aromatic nitrogens is 2.